The molecule has 3 aromatic rings. The molecule has 36 heavy (non-hydrogen) atoms. The SMILES string of the molecule is CN(C)CCCNC(=O)c1cc(NC(=O)c2cc(NC(=O)c3ccc(C(=O)O)cc3)cn2C)cn1C. The third kappa shape index (κ3) is 6.60. The molecular formula is C25H30N6O5. The van der Waals surface area contributed by atoms with Gasteiger partial charge in [-0.3, -0.25) is 14.4 Å². The molecular weight excluding hydrogens is 464 g/mol. The first-order chi connectivity index (χ1) is 17.0. The summed E-state index contributed by atoms with van der Waals surface area (Å²) in [5.74, 6) is -2.15. The van der Waals surface area contributed by atoms with E-state index in [4.69, 9.17) is 5.11 Å². The predicted molar refractivity (Wildman–Crippen MR) is 136 cm³/mol. The van der Waals surface area contributed by atoms with Gasteiger partial charge in [0.2, 0.25) is 0 Å². The molecule has 11 nitrogen and oxygen atoms in total. The fourth-order valence-corrected chi connectivity index (χ4v) is 3.57. The van der Waals surface area contributed by atoms with Crippen molar-refractivity contribution in [3.63, 3.8) is 0 Å². The Bertz CT molecular complexity index is 1270. The summed E-state index contributed by atoms with van der Waals surface area (Å²) in [5, 5.41) is 17.3. The summed E-state index contributed by atoms with van der Waals surface area (Å²) in [5.41, 5.74) is 1.95. The highest BCUT2D eigenvalue weighted by atomic mass is 16.4. The average Bonchev–Trinajstić information content (AvgIpc) is 3.37. The quantitative estimate of drug-likeness (QED) is 0.319. The zero-order valence-corrected chi connectivity index (χ0v) is 20.7. The summed E-state index contributed by atoms with van der Waals surface area (Å²) < 4.78 is 3.21. The lowest BCUT2D eigenvalue weighted by Crippen LogP contribution is -2.28. The Balaban J connectivity index is 1.62. The number of carboxylic acids is 1. The number of aromatic carboxylic acids is 1. The zero-order valence-electron chi connectivity index (χ0n) is 20.7. The fraction of sp³-hybridized carbons (Fsp3) is 0.280. The smallest absolute Gasteiger partial charge is 0.335 e. The topological polar surface area (TPSA) is 138 Å². The largest absolute Gasteiger partial charge is 0.478 e. The number of carbonyl (C=O) groups is 4. The molecule has 11 heteroatoms. The average molecular weight is 495 g/mol. The predicted octanol–water partition coefficient (Wildman–Crippen LogP) is 2.25. The number of benzene rings is 1. The zero-order chi connectivity index (χ0) is 26.4. The Morgan fingerprint density at radius 2 is 1.31 bits per heavy atom. The number of hydrogen-bond acceptors (Lipinski definition) is 5. The van der Waals surface area contributed by atoms with Crippen LogP contribution in [-0.2, 0) is 14.1 Å². The highest BCUT2D eigenvalue weighted by Gasteiger charge is 2.17. The van der Waals surface area contributed by atoms with Crippen molar-refractivity contribution >= 4 is 35.1 Å². The van der Waals surface area contributed by atoms with E-state index in [1.165, 1.54) is 30.3 Å². The summed E-state index contributed by atoms with van der Waals surface area (Å²) in [6.45, 7) is 1.41. The van der Waals surface area contributed by atoms with Crippen LogP contribution in [0.25, 0.3) is 0 Å². The number of nitrogens with one attached hydrogen (secondary N) is 3. The molecule has 0 aliphatic rings. The van der Waals surface area contributed by atoms with Crippen LogP contribution in [0.5, 0.6) is 0 Å². The maximum absolute atomic E-state index is 12.9. The first-order valence-corrected chi connectivity index (χ1v) is 11.3. The molecule has 3 amide bonds. The summed E-state index contributed by atoms with van der Waals surface area (Å²) in [4.78, 5) is 50.8. The van der Waals surface area contributed by atoms with Crippen LogP contribution in [0, 0.1) is 0 Å². The molecule has 0 fully saturated rings. The van der Waals surface area contributed by atoms with Gasteiger partial charge in [-0.1, -0.05) is 0 Å². The van der Waals surface area contributed by atoms with Crippen molar-refractivity contribution in [2.75, 3.05) is 37.8 Å². The molecule has 1 aromatic carbocycles. The van der Waals surface area contributed by atoms with Gasteiger partial charge in [0, 0.05) is 38.6 Å². The lowest BCUT2D eigenvalue weighted by Gasteiger charge is -2.10. The Hall–Kier alpha value is -4.38. The molecule has 0 saturated heterocycles. The number of carboxylic acid groups (broad SMARTS) is 1. The molecule has 0 saturated carbocycles. The number of anilines is 2. The molecule has 0 bridgehead atoms. The highest BCUT2D eigenvalue weighted by molar-refractivity contribution is 6.07. The maximum Gasteiger partial charge on any atom is 0.335 e. The van der Waals surface area contributed by atoms with Gasteiger partial charge in [-0.05, 0) is 63.5 Å². The van der Waals surface area contributed by atoms with Crippen molar-refractivity contribution in [1.82, 2.24) is 19.4 Å². The van der Waals surface area contributed by atoms with Crippen LogP contribution in [0.4, 0.5) is 11.4 Å². The van der Waals surface area contributed by atoms with E-state index in [2.05, 4.69) is 16.0 Å². The standard InChI is InChI=1S/C25H30N6O5/c1-29(2)11-5-10-26-23(33)20-12-19(15-30(20)3)28-24(34)21-13-18(14-31(21)4)27-22(32)16-6-8-17(9-7-16)25(35)36/h6-9,12-15H,5,10-11H2,1-4H3,(H,26,33)(H,27,32)(H,28,34)(H,35,36). The third-order valence-corrected chi connectivity index (χ3v) is 5.45. The van der Waals surface area contributed by atoms with E-state index < -0.39 is 17.8 Å². The number of nitrogens with zero attached hydrogens (tertiary/aromatic N) is 3. The van der Waals surface area contributed by atoms with E-state index in [1.807, 2.05) is 19.0 Å². The second kappa shape index (κ2) is 11.4. The van der Waals surface area contributed by atoms with Crippen molar-refractivity contribution in [2.45, 2.75) is 6.42 Å². The molecule has 190 valence electrons. The van der Waals surface area contributed by atoms with Crippen LogP contribution < -0.4 is 16.0 Å². The van der Waals surface area contributed by atoms with Gasteiger partial charge in [0.15, 0.2) is 0 Å². The van der Waals surface area contributed by atoms with Crippen molar-refractivity contribution in [3.05, 3.63) is 71.3 Å². The van der Waals surface area contributed by atoms with E-state index in [1.54, 1.807) is 41.7 Å². The Morgan fingerprint density at radius 1 is 0.806 bits per heavy atom. The summed E-state index contributed by atoms with van der Waals surface area (Å²) in [6, 6.07) is 8.66. The molecule has 2 heterocycles. The molecule has 0 atom stereocenters. The van der Waals surface area contributed by atoms with E-state index in [9.17, 15) is 19.2 Å². The molecule has 0 aliphatic carbocycles. The van der Waals surface area contributed by atoms with Crippen molar-refractivity contribution in [2.24, 2.45) is 14.1 Å². The highest BCUT2D eigenvalue weighted by Crippen LogP contribution is 2.18. The number of carbonyl (C=O) groups excluding carboxylic acids is 3. The Kier molecular flexibility index (Phi) is 8.28. The van der Waals surface area contributed by atoms with Gasteiger partial charge in [-0.15, -0.1) is 0 Å². The second-order valence-corrected chi connectivity index (χ2v) is 8.65. The van der Waals surface area contributed by atoms with Gasteiger partial charge in [-0.25, -0.2) is 4.79 Å². The minimum Gasteiger partial charge on any atom is -0.478 e. The van der Waals surface area contributed by atoms with Crippen LogP contribution in [0.1, 0.15) is 48.1 Å². The number of hydrogen-bond donors (Lipinski definition) is 4. The van der Waals surface area contributed by atoms with Gasteiger partial charge in [0.1, 0.15) is 11.4 Å². The number of aryl methyl sites for hydroxylation is 2. The normalized spacial score (nSPS) is 10.8. The Labute approximate surface area is 208 Å². The van der Waals surface area contributed by atoms with E-state index in [-0.39, 0.29) is 17.0 Å². The number of rotatable bonds is 10. The van der Waals surface area contributed by atoms with Crippen molar-refractivity contribution < 1.29 is 24.3 Å². The number of amides is 3. The monoisotopic (exact) mass is 494 g/mol. The summed E-state index contributed by atoms with van der Waals surface area (Å²) in [7, 11) is 7.34. The number of aromatic nitrogens is 2. The summed E-state index contributed by atoms with van der Waals surface area (Å²) in [6.07, 6.45) is 4.07. The van der Waals surface area contributed by atoms with E-state index in [0.717, 1.165) is 13.0 Å². The Morgan fingerprint density at radius 3 is 1.83 bits per heavy atom. The van der Waals surface area contributed by atoms with Gasteiger partial charge in [-0.2, -0.15) is 0 Å². The van der Waals surface area contributed by atoms with Crippen LogP contribution in [0.15, 0.2) is 48.8 Å². The van der Waals surface area contributed by atoms with Crippen LogP contribution in [0.2, 0.25) is 0 Å². The van der Waals surface area contributed by atoms with E-state index >= 15 is 0 Å². The second-order valence-electron chi connectivity index (χ2n) is 8.65. The van der Waals surface area contributed by atoms with Gasteiger partial charge in [0.25, 0.3) is 17.7 Å². The maximum atomic E-state index is 12.9. The molecule has 0 spiro atoms. The molecule has 4 N–H and O–H groups in total. The minimum absolute atomic E-state index is 0.0797. The first-order valence-electron chi connectivity index (χ1n) is 11.3. The first kappa shape index (κ1) is 26.2. The van der Waals surface area contributed by atoms with Crippen LogP contribution in [0.3, 0.4) is 0 Å². The molecule has 3 rings (SSSR count). The fourth-order valence-electron chi connectivity index (χ4n) is 3.57. The van der Waals surface area contributed by atoms with Crippen LogP contribution in [-0.4, -0.2) is 70.0 Å². The van der Waals surface area contributed by atoms with E-state index in [0.29, 0.717) is 29.3 Å². The van der Waals surface area contributed by atoms with Gasteiger partial charge in [0.05, 0.1) is 16.9 Å². The van der Waals surface area contributed by atoms with Crippen molar-refractivity contribution in [3.8, 4) is 0 Å². The summed E-state index contributed by atoms with van der Waals surface area (Å²) >= 11 is 0. The lowest BCUT2D eigenvalue weighted by atomic mass is 10.1. The molecule has 0 radical (unpaired) electrons. The third-order valence-electron chi connectivity index (χ3n) is 5.45. The minimum atomic E-state index is -1.08. The van der Waals surface area contributed by atoms with Gasteiger partial charge >= 0.3 is 5.97 Å². The molecule has 2 aromatic heterocycles. The van der Waals surface area contributed by atoms with Crippen LogP contribution >= 0.6 is 0 Å². The van der Waals surface area contributed by atoms with Gasteiger partial charge < -0.3 is 35.1 Å². The molecule has 0 unspecified atom stereocenters. The lowest BCUT2D eigenvalue weighted by molar-refractivity contribution is 0.0696. The van der Waals surface area contributed by atoms with Crippen molar-refractivity contribution in [1.29, 1.82) is 0 Å². The molecule has 0 aliphatic heterocycles.